The number of nitrogens with zero attached hydrogens (tertiary/aromatic N) is 2. The van der Waals surface area contributed by atoms with Crippen molar-refractivity contribution in [3.05, 3.63) is 18.2 Å². The minimum Gasteiger partial charge on any atom is -0.547 e. The van der Waals surface area contributed by atoms with E-state index >= 15 is 0 Å². The molecule has 0 spiro atoms. The van der Waals surface area contributed by atoms with Gasteiger partial charge < -0.3 is 15.0 Å². The van der Waals surface area contributed by atoms with Crippen molar-refractivity contribution >= 4 is 5.97 Å². The third-order valence-corrected chi connectivity index (χ3v) is 3.99. The van der Waals surface area contributed by atoms with Crippen molar-refractivity contribution in [2.24, 2.45) is 7.05 Å². The van der Waals surface area contributed by atoms with E-state index in [1.165, 1.54) is 63.7 Å². The second-order valence-corrected chi connectivity index (χ2v) is 6.12. The summed E-state index contributed by atoms with van der Waals surface area (Å²) in [7, 11) is 2.11. The number of rotatable bonds is 10. The molecule has 0 radical (unpaired) electrons. The first-order valence-corrected chi connectivity index (χ1v) is 8.80. The van der Waals surface area contributed by atoms with Gasteiger partial charge in [0.2, 0.25) is 0 Å². The van der Waals surface area contributed by atoms with Gasteiger partial charge in [-0.05, 0) is 19.8 Å². The Hall–Kier alpha value is -1.36. The van der Waals surface area contributed by atoms with Gasteiger partial charge in [0.15, 0.2) is 0 Å². The molecule has 5 heteroatoms. The standard InChI is InChI=1S/C15H29N2.C3H6O3/c1-4-5-6-7-8-9-10-11-12-17-14-13-16(3)15(17)2;1-2(4)3(5)6/h13-14H,4-12H2,1-3H3;2,4H,1H3,(H,5,6)/q+1;/p-1. The molecular weight excluding hydrogens is 292 g/mol. The van der Waals surface area contributed by atoms with Gasteiger partial charge in [0.05, 0.1) is 25.7 Å². The van der Waals surface area contributed by atoms with Gasteiger partial charge in [0.1, 0.15) is 12.4 Å². The van der Waals surface area contributed by atoms with E-state index < -0.39 is 12.1 Å². The highest BCUT2D eigenvalue weighted by Gasteiger charge is 2.07. The molecule has 23 heavy (non-hydrogen) atoms. The fourth-order valence-electron chi connectivity index (χ4n) is 2.25. The topological polar surface area (TPSA) is 69.2 Å². The van der Waals surface area contributed by atoms with Crippen molar-refractivity contribution in [1.29, 1.82) is 0 Å². The number of hydrogen-bond donors (Lipinski definition) is 1. The van der Waals surface area contributed by atoms with Gasteiger partial charge in [-0.1, -0.05) is 45.4 Å². The van der Waals surface area contributed by atoms with Crippen LogP contribution in [0.25, 0.3) is 0 Å². The van der Waals surface area contributed by atoms with Gasteiger partial charge in [-0.3, -0.25) is 0 Å². The Labute approximate surface area is 141 Å². The number of carboxylic acids is 1. The minimum atomic E-state index is -1.44. The van der Waals surface area contributed by atoms with Gasteiger partial charge in [0, 0.05) is 6.92 Å². The van der Waals surface area contributed by atoms with E-state index in [9.17, 15) is 9.90 Å². The summed E-state index contributed by atoms with van der Waals surface area (Å²) in [5, 5.41) is 17.3. The third kappa shape index (κ3) is 10.9. The van der Waals surface area contributed by atoms with Gasteiger partial charge in [-0.25, -0.2) is 9.13 Å². The number of hydrogen-bond acceptors (Lipinski definition) is 3. The lowest BCUT2D eigenvalue weighted by Crippen LogP contribution is -2.32. The van der Waals surface area contributed by atoms with Crippen LogP contribution in [-0.4, -0.2) is 21.7 Å². The summed E-state index contributed by atoms with van der Waals surface area (Å²) in [6.45, 7) is 6.78. The number of aromatic nitrogens is 2. The number of unbranched alkanes of at least 4 members (excludes halogenated alkanes) is 7. The molecular formula is C18H34N2O3. The molecule has 1 unspecified atom stereocenters. The smallest absolute Gasteiger partial charge is 0.253 e. The SMILES string of the molecule is CC(O)C(=O)[O-].CCCCCCCCCCn1cc[n+](C)c1C. The number of carbonyl (C=O) groups is 1. The molecule has 0 aliphatic heterocycles. The molecule has 5 nitrogen and oxygen atoms in total. The number of aliphatic carboxylic acids is 1. The lowest BCUT2D eigenvalue weighted by atomic mass is 10.1. The first-order valence-electron chi connectivity index (χ1n) is 8.80. The highest BCUT2D eigenvalue weighted by atomic mass is 16.4. The number of imidazole rings is 1. The van der Waals surface area contributed by atoms with Gasteiger partial charge in [-0.2, -0.15) is 0 Å². The summed E-state index contributed by atoms with van der Waals surface area (Å²) in [4.78, 5) is 9.34. The second-order valence-electron chi connectivity index (χ2n) is 6.12. The van der Waals surface area contributed by atoms with Crippen molar-refractivity contribution in [1.82, 2.24) is 4.57 Å². The van der Waals surface area contributed by atoms with Crippen LogP contribution in [0.3, 0.4) is 0 Å². The summed E-state index contributed by atoms with van der Waals surface area (Å²) in [6, 6.07) is 0. The molecule has 0 saturated carbocycles. The predicted octanol–water partition coefficient (Wildman–Crippen LogP) is 1.88. The highest BCUT2D eigenvalue weighted by Crippen LogP contribution is 2.09. The van der Waals surface area contributed by atoms with Crippen LogP contribution in [0.1, 0.15) is 71.0 Å². The van der Waals surface area contributed by atoms with Crippen LogP contribution in [0.4, 0.5) is 0 Å². The Bertz CT molecular complexity index is 428. The maximum atomic E-state index is 9.34. The Balaban J connectivity index is 0.000000688. The Morgan fingerprint density at radius 2 is 1.70 bits per heavy atom. The summed E-state index contributed by atoms with van der Waals surface area (Å²) in [5.41, 5.74) is 0. The maximum Gasteiger partial charge on any atom is 0.253 e. The van der Waals surface area contributed by atoms with Crippen LogP contribution in [0.15, 0.2) is 12.4 Å². The van der Waals surface area contributed by atoms with Crippen molar-refractivity contribution < 1.29 is 19.6 Å². The maximum absolute atomic E-state index is 9.34. The molecule has 1 atom stereocenters. The number of aliphatic hydroxyl groups excluding tert-OH is 1. The van der Waals surface area contributed by atoms with E-state index in [1.54, 1.807) is 0 Å². The Kier molecular flexibility index (Phi) is 12.3. The quantitative estimate of drug-likeness (QED) is 0.527. The van der Waals surface area contributed by atoms with Crippen LogP contribution >= 0.6 is 0 Å². The molecule has 0 aliphatic carbocycles. The van der Waals surface area contributed by atoms with E-state index in [-0.39, 0.29) is 0 Å². The average molecular weight is 326 g/mol. The zero-order valence-corrected chi connectivity index (χ0v) is 15.3. The van der Waals surface area contributed by atoms with Crippen molar-refractivity contribution in [2.75, 3.05) is 0 Å². The summed E-state index contributed by atoms with van der Waals surface area (Å²) in [6.07, 6.45) is 14.2. The number of aryl methyl sites for hydroxylation is 2. The zero-order valence-electron chi connectivity index (χ0n) is 15.3. The van der Waals surface area contributed by atoms with Crippen LogP contribution in [-0.2, 0) is 18.4 Å². The molecule has 0 fully saturated rings. The van der Waals surface area contributed by atoms with Gasteiger partial charge in [-0.15, -0.1) is 0 Å². The molecule has 0 saturated heterocycles. The van der Waals surface area contributed by atoms with E-state index in [1.807, 2.05) is 0 Å². The van der Waals surface area contributed by atoms with Gasteiger partial charge in [0.25, 0.3) is 5.82 Å². The molecule has 0 aromatic carbocycles. The molecule has 134 valence electrons. The molecule has 0 aliphatic rings. The minimum absolute atomic E-state index is 1.13. The molecule has 0 bridgehead atoms. The second kappa shape index (κ2) is 13.1. The van der Waals surface area contributed by atoms with E-state index in [4.69, 9.17) is 5.11 Å². The Morgan fingerprint density at radius 3 is 2.09 bits per heavy atom. The van der Waals surface area contributed by atoms with E-state index in [2.05, 4.69) is 42.4 Å². The normalized spacial score (nSPS) is 11.7. The van der Waals surface area contributed by atoms with E-state index in [0.717, 1.165) is 6.92 Å². The van der Waals surface area contributed by atoms with Crippen molar-refractivity contribution in [3.8, 4) is 0 Å². The average Bonchev–Trinajstić information content (AvgIpc) is 2.82. The van der Waals surface area contributed by atoms with Crippen molar-refractivity contribution in [2.45, 2.75) is 84.8 Å². The molecule has 1 aromatic rings. The van der Waals surface area contributed by atoms with Crippen LogP contribution < -0.4 is 9.67 Å². The first-order chi connectivity index (χ1) is 10.9. The van der Waals surface area contributed by atoms with Gasteiger partial charge >= 0.3 is 0 Å². The lowest BCUT2D eigenvalue weighted by Gasteiger charge is -2.01. The number of aliphatic hydroxyl groups is 1. The summed E-state index contributed by atoms with van der Waals surface area (Å²) in [5.74, 6) is -0.0806. The van der Waals surface area contributed by atoms with Crippen LogP contribution in [0, 0.1) is 6.92 Å². The highest BCUT2D eigenvalue weighted by molar-refractivity contribution is 5.68. The third-order valence-electron chi connectivity index (χ3n) is 3.99. The molecule has 1 heterocycles. The lowest BCUT2D eigenvalue weighted by molar-refractivity contribution is -0.677. The van der Waals surface area contributed by atoms with Crippen LogP contribution in [0.5, 0.6) is 0 Å². The summed E-state index contributed by atoms with van der Waals surface area (Å²) >= 11 is 0. The monoisotopic (exact) mass is 326 g/mol. The summed E-state index contributed by atoms with van der Waals surface area (Å²) < 4.78 is 4.54. The molecule has 1 aromatic heterocycles. The first kappa shape index (κ1) is 21.6. The fourth-order valence-corrected chi connectivity index (χ4v) is 2.25. The van der Waals surface area contributed by atoms with E-state index in [0.29, 0.717) is 0 Å². The number of carbonyl (C=O) groups excluding carboxylic acids is 1. The number of carboxylic acid groups (broad SMARTS) is 1. The Morgan fingerprint density at radius 1 is 1.22 bits per heavy atom. The molecule has 1 rings (SSSR count). The van der Waals surface area contributed by atoms with Crippen LogP contribution in [0.2, 0.25) is 0 Å². The zero-order chi connectivity index (χ0) is 17.7. The molecule has 1 N–H and O–H groups in total. The largest absolute Gasteiger partial charge is 0.547 e. The van der Waals surface area contributed by atoms with Crippen molar-refractivity contribution in [3.63, 3.8) is 0 Å². The molecule has 0 amide bonds. The predicted molar refractivity (Wildman–Crippen MR) is 89.6 cm³/mol. The fraction of sp³-hybridized carbons (Fsp3) is 0.778.